The summed E-state index contributed by atoms with van der Waals surface area (Å²) in [5, 5.41) is 3.30. The van der Waals surface area contributed by atoms with E-state index >= 15 is 0 Å². The standard InChI is InChI=1S/C10H19BN2S/c1-7(14)8(11)6-9(12-5)13-10(2,3)4/h6-7,14H,1-5H3,(H,12,13)/b8-6+. The second kappa shape index (κ2) is 5.49. The molecule has 0 saturated carbocycles. The van der Waals surface area contributed by atoms with E-state index in [1.54, 1.807) is 7.05 Å². The van der Waals surface area contributed by atoms with Crippen molar-refractivity contribution < 1.29 is 0 Å². The average Bonchev–Trinajstić information content (AvgIpc) is 2.00. The minimum atomic E-state index is -0.00847. The molecule has 78 valence electrons. The predicted octanol–water partition coefficient (Wildman–Crippen LogP) is 1.77. The molecule has 0 aliphatic carbocycles. The number of thiol groups is 1. The van der Waals surface area contributed by atoms with E-state index in [4.69, 9.17) is 7.85 Å². The summed E-state index contributed by atoms with van der Waals surface area (Å²) in [6.45, 7) is 8.16. The summed E-state index contributed by atoms with van der Waals surface area (Å²) in [5.41, 5.74) is 0.705. The highest BCUT2D eigenvalue weighted by Crippen LogP contribution is 2.05. The van der Waals surface area contributed by atoms with Gasteiger partial charge in [0.05, 0.1) is 0 Å². The highest BCUT2D eigenvalue weighted by atomic mass is 32.1. The maximum absolute atomic E-state index is 5.78. The van der Waals surface area contributed by atoms with Crippen molar-refractivity contribution in [3.05, 3.63) is 11.5 Å². The van der Waals surface area contributed by atoms with Crippen LogP contribution in [0.1, 0.15) is 27.7 Å². The van der Waals surface area contributed by atoms with Crippen molar-refractivity contribution in [2.45, 2.75) is 38.5 Å². The number of amidine groups is 1. The normalized spacial score (nSPS) is 16.7. The number of hydrogen-bond acceptors (Lipinski definition) is 2. The first kappa shape index (κ1) is 13.6. The summed E-state index contributed by atoms with van der Waals surface area (Å²) in [6.07, 6.45) is 1.82. The van der Waals surface area contributed by atoms with Gasteiger partial charge >= 0.3 is 0 Å². The van der Waals surface area contributed by atoms with Gasteiger partial charge in [-0.05, 0) is 26.8 Å². The number of nitrogens with zero attached hydrogens (tertiary/aromatic N) is 1. The maximum Gasteiger partial charge on any atom is 0.120 e. The Labute approximate surface area is 94.1 Å². The van der Waals surface area contributed by atoms with Crippen molar-refractivity contribution in [2.24, 2.45) is 4.99 Å². The Morgan fingerprint density at radius 1 is 1.50 bits per heavy atom. The molecule has 14 heavy (non-hydrogen) atoms. The first-order valence-electron chi connectivity index (χ1n) is 4.66. The fraction of sp³-hybridized carbons (Fsp3) is 0.700. The third-order valence-corrected chi connectivity index (χ3v) is 1.83. The number of nitrogens with one attached hydrogen (secondary N) is 1. The quantitative estimate of drug-likeness (QED) is 0.309. The summed E-state index contributed by atoms with van der Waals surface area (Å²) in [5.74, 6) is 0.788. The monoisotopic (exact) mass is 210 g/mol. The molecular formula is C10H19BN2S. The molecule has 0 fully saturated rings. The molecule has 4 heteroatoms. The second-order valence-electron chi connectivity index (χ2n) is 4.30. The van der Waals surface area contributed by atoms with Crippen molar-refractivity contribution in [3.8, 4) is 0 Å². The van der Waals surface area contributed by atoms with E-state index in [-0.39, 0.29) is 10.8 Å². The highest BCUT2D eigenvalue weighted by Gasteiger charge is 2.10. The molecule has 0 aliphatic heterocycles. The van der Waals surface area contributed by atoms with Gasteiger partial charge in [-0.25, -0.2) is 0 Å². The van der Waals surface area contributed by atoms with Gasteiger partial charge in [0.2, 0.25) is 0 Å². The smallest absolute Gasteiger partial charge is 0.120 e. The zero-order valence-corrected chi connectivity index (χ0v) is 10.5. The zero-order chi connectivity index (χ0) is 11.4. The van der Waals surface area contributed by atoms with E-state index in [0.717, 1.165) is 5.84 Å². The van der Waals surface area contributed by atoms with Crippen LogP contribution in [0, 0.1) is 0 Å². The lowest BCUT2D eigenvalue weighted by Gasteiger charge is -2.22. The average molecular weight is 210 g/mol. The van der Waals surface area contributed by atoms with E-state index in [1.165, 1.54) is 0 Å². The van der Waals surface area contributed by atoms with Gasteiger partial charge in [-0.1, -0.05) is 6.92 Å². The molecule has 0 aromatic carbocycles. The van der Waals surface area contributed by atoms with Crippen LogP contribution < -0.4 is 5.32 Å². The summed E-state index contributed by atoms with van der Waals surface area (Å²) >= 11 is 4.24. The minimum Gasteiger partial charge on any atom is -0.366 e. The molecule has 0 aromatic rings. The lowest BCUT2D eigenvalue weighted by molar-refractivity contribution is 0.512. The van der Waals surface area contributed by atoms with Crippen molar-refractivity contribution in [1.82, 2.24) is 5.32 Å². The van der Waals surface area contributed by atoms with Crippen molar-refractivity contribution in [3.63, 3.8) is 0 Å². The topological polar surface area (TPSA) is 24.4 Å². The molecule has 0 saturated heterocycles. The summed E-state index contributed by atoms with van der Waals surface area (Å²) in [7, 11) is 7.51. The van der Waals surface area contributed by atoms with Crippen LogP contribution in [0.2, 0.25) is 0 Å². The van der Waals surface area contributed by atoms with E-state index < -0.39 is 0 Å². The van der Waals surface area contributed by atoms with Gasteiger partial charge in [-0.2, -0.15) is 12.6 Å². The first-order chi connectivity index (χ1) is 6.26. The minimum absolute atomic E-state index is 0.00847. The lowest BCUT2D eigenvalue weighted by Crippen LogP contribution is -2.40. The van der Waals surface area contributed by atoms with Gasteiger partial charge < -0.3 is 5.32 Å². The Bertz CT molecular complexity index is 239. The van der Waals surface area contributed by atoms with Gasteiger partial charge in [0, 0.05) is 17.8 Å². The SMILES string of the molecule is [B]/C(=C/C(=NC)NC(C)(C)C)C(C)S. The third-order valence-electron chi connectivity index (χ3n) is 1.53. The van der Waals surface area contributed by atoms with Crippen LogP contribution in [0.5, 0.6) is 0 Å². The molecule has 0 rings (SSSR count). The van der Waals surface area contributed by atoms with Crippen LogP contribution in [0.3, 0.4) is 0 Å². The Hall–Kier alpha value is -0.375. The largest absolute Gasteiger partial charge is 0.366 e. The van der Waals surface area contributed by atoms with E-state index in [1.807, 2.05) is 13.0 Å². The van der Waals surface area contributed by atoms with Crippen molar-refractivity contribution >= 4 is 26.3 Å². The summed E-state index contributed by atoms with van der Waals surface area (Å²) in [4.78, 5) is 4.11. The highest BCUT2D eigenvalue weighted by molar-refractivity contribution is 7.81. The summed E-state index contributed by atoms with van der Waals surface area (Å²) in [6, 6.07) is 0. The Morgan fingerprint density at radius 3 is 2.29 bits per heavy atom. The fourth-order valence-corrected chi connectivity index (χ4v) is 0.894. The molecule has 1 atom stereocenters. The predicted molar refractivity (Wildman–Crippen MR) is 68.5 cm³/mol. The molecule has 1 N–H and O–H groups in total. The summed E-state index contributed by atoms with van der Waals surface area (Å²) < 4.78 is 0. The molecule has 1 unspecified atom stereocenters. The number of hydrogen-bond donors (Lipinski definition) is 2. The van der Waals surface area contributed by atoms with E-state index in [0.29, 0.717) is 5.47 Å². The van der Waals surface area contributed by atoms with Gasteiger partial charge in [-0.15, -0.1) is 5.47 Å². The van der Waals surface area contributed by atoms with Gasteiger partial charge in [0.25, 0.3) is 0 Å². The van der Waals surface area contributed by atoms with Crippen LogP contribution in [0.4, 0.5) is 0 Å². The van der Waals surface area contributed by atoms with Crippen LogP contribution in [-0.2, 0) is 0 Å². The van der Waals surface area contributed by atoms with Crippen LogP contribution >= 0.6 is 12.6 Å². The molecular weight excluding hydrogens is 191 g/mol. The molecule has 2 nitrogen and oxygen atoms in total. The van der Waals surface area contributed by atoms with Gasteiger partial charge in [-0.3, -0.25) is 4.99 Å². The maximum atomic E-state index is 5.78. The lowest BCUT2D eigenvalue weighted by atomic mass is 9.92. The van der Waals surface area contributed by atoms with E-state index in [2.05, 4.69) is 43.7 Å². The van der Waals surface area contributed by atoms with Crippen LogP contribution in [-0.4, -0.2) is 31.5 Å². The van der Waals surface area contributed by atoms with Crippen molar-refractivity contribution in [2.75, 3.05) is 7.05 Å². The third kappa shape index (κ3) is 6.14. The fourth-order valence-electron chi connectivity index (χ4n) is 0.819. The zero-order valence-electron chi connectivity index (χ0n) is 9.63. The number of aliphatic imine (C=N–C) groups is 1. The van der Waals surface area contributed by atoms with Crippen LogP contribution in [0.25, 0.3) is 0 Å². The van der Waals surface area contributed by atoms with Crippen molar-refractivity contribution in [1.29, 1.82) is 0 Å². The van der Waals surface area contributed by atoms with E-state index in [9.17, 15) is 0 Å². The molecule has 0 spiro atoms. The molecule has 2 radical (unpaired) electrons. The Balaban J connectivity index is 4.55. The molecule has 0 aromatic heterocycles. The molecule has 0 heterocycles. The first-order valence-corrected chi connectivity index (χ1v) is 5.18. The Morgan fingerprint density at radius 2 is 2.00 bits per heavy atom. The number of rotatable bonds is 2. The second-order valence-corrected chi connectivity index (χ2v) is 5.08. The molecule has 0 bridgehead atoms. The molecule has 0 aliphatic rings. The van der Waals surface area contributed by atoms with Gasteiger partial charge in [0.15, 0.2) is 0 Å². The molecule has 0 amide bonds. The van der Waals surface area contributed by atoms with Crippen LogP contribution in [0.15, 0.2) is 16.5 Å². The van der Waals surface area contributed by atoms with Gasteiger partial charge in [0.1, 0.15) is 13.7 Å². The Kier molecular flexibility index (Phi) is 5.35.